The SMILES string of the molecule is Cc1cc(N2CCOCC2)cc2c1c(=O)n(O)c1ccccc21. The van der Waals surface area contributed by atoms with Gasteiger partial charge in [0.2, 0.25) is 0 Å². The van der Waals surface area contributed by atoms with E-state index >= 15 is 0 Å². The van der Waals surface area contributed by atoms with E-state index in [9.17, 15) is 10.0 Å². The van der Waals surface area contributed by atoms with Crippen LogP contribution < -0.4 is 10.5 Å². The molecule has 1 aromatic heterocycles. The Morgan fingerprint density at radius 3 is 2.61 bits per heavy atom. The zero-order valence-electron chi connectivity index (χ0n) is 13.0. The number of aromatic nitrogens is 1. The van der Waals surface area contributed by atoms with Gasteiger partial charge in [-0.25, -0.2) is 0 Å². The van der Waals surface area contributed by atoms with E-state index in [1.807, 2.05) is 31.2 Å². The molecule has 0 unspecified atom stereocenters. The molecule has 1 N–H and O–H groups in total. The Hall–Kier alpha value is -2.53. The quantitative estimate of drug-likeness (QED) is 0.554. The number of hydrogen-bond acceptors (Lipinski definition) is 4. The van der Waals surface area contributed by atoms with Gasteiger partial charge in [0.05, 0.1) is 24.1 Å². The second-order valence-corrected chi connectivity index (χ2v) is 5.92. The molecule has 1 fully saturated rings. The smallest absolute Gasteiger partial charge is 0.291 e. The van der Waals surface area contributed by atoms with Gasteiger partial charge < -0.3 is 14.8 Å². The van der Waals surface area contributed by atoms with E-state index in [4.69, 9.17) is 4.74 Å². The second kappa shape index (κ2) is 5.28. The molecule has 3 aromatic rings. The van der Waals surface area contributed by atoms with Gasteiger partial charge in [-0.05, 0) is 36.1 Å². The molecule has 1 saturated heterocycles. The monoisotopic (exact) mass is 310 g/mol. The van der Waals surface area contributed by atoms with Gasteiger partial charge in [0.25, 0.3) is 5.56 Å². The molecular weight excluding hydrogens is 292 g/mol. The molecule has 4 rings (SSSR count). The first-order valence-corrected chi connectivity index (χ1v) is 7.77. The van der Waals surface area contributed by atoms with Crippen LogP contribution in [0.5, 0.6) is 0 Å². The van der Waals surface area contributed by atoms with Crippen LogP contribution in [-0.2, 0) is 4.74 Å². The number of ether oxygens (including phenoxy) is 1. The molecule has 1 aliphatic rings. The van der Waals surface area contributed by atoms with Crippen molar-refractivity contribution in [3.63, 3.8) is 0 Å². The number of fused-ring (bicyclic) bond motifs is 3. The highest BCUT2D eigenvalue weighted by atomic mass is 16.5. The van der Waals surface area contributed by atoms with E-state index in [1.165, 1.54) is 0 Å². The topological polar surface area (TPSA) is 54.7 Å². The Morgan fingerprint density at radius 1 is 1.09 bits per heavy atom. The minimum Gasteiger partial charge on any atom is -0.425 e. The number of hydrogen-bond donors (Lipinski definition) is 1. The lowest BCUT2D eigenvalue weighted by atomic mass is 10.0. The largest absolute Gasteiger partial charge is 0.425 e. The van der Waals surface area contributed by atoms with Crippen molar-refractivity contribution in [2.75, 3.05) is 31.2 Å². The van der Waals surface area contributed by atoms with Crippen molar-refractivity contribution in [1.29, 1.82) is 0 Å². The first-order chi connectivity index (χ1) is 11.2. The molecule has 23 heavy (non-hydrogen) atoms. The van der Waals surface area contributed by atoms with Gasteiger partial charge in [0.1, 0.15) is 0 Å². The lowest BCUT2D eigenvalue weighted by Crippen LogP contribution is -2.36. The van der Waals surface area contributed by atoms with Crippen LogP contribution in [0.2, 0.25) is 0 Å². The molecule has 5 heteroatoms. The maximum atomic E-state index is 12.5. The predicted octanol–water partition coefficient (Wildman–Crippen LogP) is 2.54. The zero-order valence-corrected chi connectivity index (χ0v) is 13.0. The average molecular weight is 310 g/mol. The van der Waals surface area contributed by atoms with Crippen LogP contribution in [0.4, 0.5) is 5.69 Å². The average Bonchev–Trinajstić information content (AvgIpc) is 2.60. The van der Waals surface area contributed by atoms with Crippen LogP contribution in [0.15, 0.2) is 41.2 Å². The number of para-hydroxylation sites is 1. The Bertz CT molecular complexity index is 956. The van der Waals surface area contributed by atoms with E-state index in [0.29, 0.717) is 10.9 Å². The van der Waals surface area contributed by atoms with Crippen LogP contribution in [0, 0.1) is 6.92 Å². The van der Waals surface area contributed by atoms with Crippen molar-refractivity contribution >= 4 is 27.4 Å². The third kappa shape index (κ3) is 2.16. The van der Waals surface area contributed by atoms with E-state index in [2.05, 4.69) is 11.0 Å². The van der Waals surface area contributed by atoms with Gasteiger partial charge in [-0.1, -0.05) is 18.2 Å². The Labute approximate surface area is 133 Å². The van der Waals surface area contributed by atoms with Crippen molar-refractivity contribution in [2.24, 2.45) is 0 Å². The lowest BCUT2D eigenvalue weighted by molar-refractivity contribution is 0.122. The highest BCUT2D eigenvalue weighted by Crippen LogP contribution is 2.29. The molecule has 1 aliphatic heterocycles. The molecule has 0 amide bonds. The summed E-state index contributed by atoms with van der Waals surface area (Å²) >= 11 is 0. The van der Waals surface area contributed by atoms with Gasteiger partial charge in [0.15, 0.2) is 0 Å². The zero-order chi connectivity index (χ0) is 16.0. The molecule has 2 aromatic carbocycles. The van der Waals surface area contributed by atoms with Crippen LogP contribution in [-0.4, -0.2) is 36.2 Å². The van der Waals surface area contributed by atoms with Gasteiger partial charge >= 0.3 is 0 Å². The van der Waals surface area contributed by atoms with Crippen LogP contribution in [0.3, 0.4) is 0 Å². The third-order valence-electron chi connectivity index (χ3n) is 4.53. The molecule has 0 spiro atoms. The van der Waals surface area contributed by atoms with E-state index in [0.717, 1.165) is 53.1 Å². The van der Waals surface area contributed by atoms with Gasteiger partial charge in [0, 0.05) is 24.2 Å². The minimum absolute atomic E-state index is 0.371. The van der Waals surface area contributed by atoms with Crippen molar-refractivity contribution in [2.45, 2.75) is 6.92 Å². The molecule has 0 bridgehead atoms. The molecule has 2 heterocycles. The number of anilines is 1. The van der Waals surface area contributed by atoms with E-state index < -0.39 is 0 Å². The molecular formula is C18H18N2O3. The predicted molar refractivity (Wildman–Crippen MR) is 90.7 cm³/mol. The molecule has 5 nitrogen and oxygen atoms in total. The van der Waals surface area contributed by atoms with Gasteiger partial charge in [-0.15, -0.1) is 4.73 Å². The van der Waals surface area contributed by atoms with Gasteiger partial charge in [-0.3, -0.25) is 4.79 Å². The molecule has 0 radical (unpaired) electrons. The van der Waals surface area contributed by atoms with Crippen molar-refractivity contribution in [3.05, 3.63) is 52.3 Å². The second-order valence-electron chi connectivity index (χ2n) is 5.92. The first-order valence-electron chi connectivity index (χ1n) is 7.77. The molecule has 118 valence electrons. The summed E-state index contributed by atoms with van der Waals surface area (Å²) in [6, 6.07) is 11.5. The minimum atomic E-state index is -0.371. The molecule has 0 aliphatic carbocycles. The fraction of sp³-hybridized carbons (Fsp3) is 0.278. The number of nitrogens with zero attached hydrogens (tertiary/aromatic N) is 2. The standard InChI is InChI=1S/C18H18N2O3/c1-12-10-13(19-6-8-23-9-7-19)11-15-14-4-2-3-5-16(14)20(22)18(21)17(12)15/h2-5,10-11,22H,6-9H2,1H3. The third-order valence-corrected chi connectivity index (χ3v) is 4.53. The van der Waals surface area contributed by atoms with Crippen LogP contribution in [0.25, 0.3) is 21.7 Å². The Balaban J connectivity index is 2.06. The fourth-order valence-electron chi connectivity index (χ4n) is 3.37. The fourth-order valence-corrected chi connectivity index (χ4v) is 3.37. The summed E-state index contributed by atoms with van der Waals surface area (Å²) in [6.07, 6.45) is 0. The lowest BCUT2D eigenvalue weighted by Gasteiger charge is -2.29. The Morgan fingerprint density at radius 2 is 1.83 bits per heavy atom. The molecule has 0 atom stereocenters. The van der Waals surface area contributed by atoms with Crippen LogP contribution in [0.1, 0.15) is 5.56 Å². The van der Waals surface area contributed by atoms with Crippen molar-refractivity contribution < 1.29 is 9.94 Å². The number of benzene rings is 2. The van der Waals surface area contributed by atoms with E-state index in [-0.39, 0.29) is 5.56 Å². The van der Waals surface area contributed by atoms with Crippen molar-refractivity contribution in [3.8, 4) is 0 Å². The highest BCUT2D eigenvalue weighted by molar-refractivity contribution is 6.07. The summed E-state index contributed by atoms with van der Waals surface area (Å²) in [6.45, 7) is 5.05. The summed E-state index contributed by atoms with van der Waals surface area (Å²) in [5.74, 6) is 0. The number of morpholine rings is 1. The maximum Gasteiger partial charge on any atom is 0.291 e. The summed E-state index contributed by atoms with van der Waals surface area (Å²) in [5, 5.41) is 12.5. The first kappa shape index (κ1) is 14.1. The number of rotatable bonds is 1. The normalized spacial score (nSPS) is 15.4. The summed E-state index contributed by atoms with van der Waals surface area (Å²) in [7, 11) is 0. The Kier molecular flexibility index (Phi) is 3.23. The summed E-state index contributed by atoms with van der Waals surface area (Å²) < 4.78 is 6.17. The maximum absolute atomic E-state index is 12.5. The van der Waals surface area contributed by atoms with E-state index in [1.54, 1.807) is 6.07 Å². The van der Waals surface area contributed by atoms with Gasteiger partial charge in [-0.2, -0.15) is 0 Å². The highest BCUT2D eigenvalue weighted by Gasteiger charge is 2.16. The summed E-state index contributed by atoms with van der Waals surface area (Å²) in [5.41, 5.74) is 2.13. The number of pyridine rings is 1. The van der Waals surface area contributed by atoms with Crippen LogP contribution >= 0.6 is 0 Å². The molecule has 0 saturated carbocycles. The van der Waals surface area contributed by atoms with Crippen molar-refractivity contribution in [1.82, 2.24) is 4.73 Å². The summed E-state index contributed by atoms with van der Waals surface area (Å²) in [4.78, 5) is 14.8. The number of aryl methyl sites for hydroxylation is 1.